The predicted molar refractivity (Wildman–Crippen MR) is 66.2 cm³/mol. The molecule has 5 nitrogen and oxygen atoms in total. The summed E-state index contributed by atoms with van der Waals surface area (Å²) in [5, 5.41) is 5.45. The van der Waals surface area contributed by atoms with E-state index in [9.17, 15) is 9.59 Å². The number of carbonyl (C=O) groups is 2. The number of amides is 2. The molecule has 0 bridgehead atoms. The number of rotatable bonds is 5. The van der Waals surface area contributed by atoms with Crippen molar-refractivity contribution in [2.45, 2.75) is 39.2 Å². The van der Waals surface area contributed by atoms with Gasteiger partial charge in [-0.2, -0.15) is 0 Å². The third-order valence-electron chi connectivity index (χ3n) is 3.40. The minimum atomic E-state index is -0.471. The van der Waals surface area contributed by atoms with Crippen molar-refractivity contribution in [1.82, 2.24) is 10.6 Å². The average molecular weight is 241 g/mol. The molecule has 1 fully saturated rings. The van der Waals surface area contributed by atoms with E-state index < -0.39 is 6.04 Å². The molecule has 0 saturated heterocycles. The van der Waals surface area contributed by atoms with Crippen molar-refractivity contribution < 1.29 is 9.59 Å². The Bertz CT molecular complexity index is 281. The molecule has 1 rings (SSSR count). The van der Waals surface area contributed by atoms with Crippen LogP contribution in [-0.2, 0) is 9.59 Å². The lowest BCUT2D eigenvalue weighted by Gasteiger charge is -2.20. The van der Waals surface area contributed by atoms with Crippen LogP contribution in [0.3, 0.4) is 0 Å². The van der Waals surface area contributed by atoms with E-state index in [1.165, 1.54) is 0 Å². The zero-order chi connectivity index (χ0) is 12.8. The van der Waals surface area contributed by atoms with E-state index in [4.69, 9.17) is 5.73 Å². The molecule has 2 amide bonds. The van der Waals surface area contributed by atoms with Crippen LogP contribution in [-0.4, -0.2) is 30.9 Å². The molecule has 1 unspecified atom stereocenters. The van der Waals surface area contributed by atoms with Crippen LogP contribution in [0.15, 0.2) is 0 Å². The molecule has 4 N–H and O–H groups in total. The molecule has 98 valence electrons. The minimum Gasteiger partial charge on any atom is -0.355 e. The van der Waals surface area contributed by atoms with Crippen molar-refractivity contribution in [2.24, 2.45) is 17.6 Å². The van der Waals surface area contributed by atoms with Crippen LogP contribution in [0.25, 0.3) is 0 Å². The zero-order valence-corrected chi connectivity index (χ0v) is 10.7. The number of hydrogen-bond acceptors (Lipinski definition) is 3. The van der Waals surface area contributed by atoms with Gasteiger partial charge in [0.2, 0.25) is 11.8 Å². The fraction of sp³-hybridized carbons (Fsp3) is 0.833. The molecule has 0 aromatic carbocycles. The summed E-state index contributed by atoms with van der Waals surface area (Å²) in [5.41, 5.74) is 5.64. The second-order valence-electron chi connectivity index (χ2n) is 4.66. The van der Waals surface area contributed by atoms with Gasteiger partial charge >= 0.3 is 0 Å². The fourth-order valence-corrected chi connectivity index (χ4v) is 2.38. The maximum Gasteiger partial charge on any atom is 0.242 e. The molecule has 0 aromatic rings. The van der Waals surface area contributed by atoms with Crippen LogP contribution in [0.2, 0.25) is 0 Å². The number of hydrogen-bond donors (Lipinski definition) is 3. The van der Waals surface area contributed by atoms with Crippen LogP contribution in [0.1, 0.15) is 33.1 Å². The van der Waals surface area contributed by atoms with Crippen LogP contribution in [0.4, 0.5) is 0 Å². The summed E-state index contributed by atoms with van der Waals surface area (Å²) in [6.45, 7) is 4.69. The first-order valence-corrected chi connectivity index (χ1v) is 6.38. The quantitative estimate of drug-likeness (QED) is 0.633. The molecule has 1 aliphatic rings. The molecule has 1 saturated carbocycles. The highest BCUT2D eigenvalue weighted by atomic mass is 16.2. The second kappa shape index (κ2) is 6.59. The highest BCUT2D eigenvalue weighted by Gasteiger charge is 2.32. The van der Waals surface area contributed by atoms with Crippen LogP contribution >= 0.6 is 0 Å². The Morgan fingerprint density at radius 3 is 2.71 bits per heavy atom. The summed E-state index contributed by atoms with van der Waals surface area (Å²) in [5.74, 6) is 0.0909. The molecular weight excluding hydrogens is 218 g/mol. The maximum atomic E-state index is 12.0. The Morgan fingerprint density at radius 1 is 1.41 bits per heavy atom. The van der Waals surface area contributed by atoms with Gasteiger partial charge in [0, 0.05) is 12.5 Å². The van der Waals surface area contributed by atoms with E-state index in [0.29, 0.717) is 13.1 Å². The van der Waals surface area contributed by atoms with Gasteiger partial charge in [0.25, 0.3) is 0 Å². The normalized spacial score (nSPS) is 25.4. The van der Waals surface area contributed by atoms with Crippen molar-refractivity contribution in [3.05, 3.63) is 0 Å². The molecule has 3 atom stereocenters. The molecule has 17 heavy (non-hydrogen) atoms. The molecule has 0 radical (unpaired) electrons. The van der Waals surface area contributed by atoms with Crippen molar-refractivity contribution in [1.29, 1.82) is 0 Å². The third-order valence-corrected chi connectivity index (χ3v) is 3.40. The van der Waals surface area contributed by atoms with E-state index in [-0.39, 0.29) is 23.7 Å². The standard InChI is InChI=1S/C12H23N3O2/c1-3-14-11(16)8(2)15-12(17)10-6-4-5-9(10)7-13/h8-10H,3-7,13H2,1-2H3,(H,14,16)(H,15,17)/t8?,9-,10-/m1/s1. The largest absolute Gasteiger partial charge is 0.355 e. The van der Waals surface area contributed by atoms with Gasteiger partial charge in [-0.1, -0.05) is 6.42 Å². The van der Waals surface area contributed by atoms with Crippen molar-refractivity contribution >= 4 is 11.8 Å². The van der Waals surface area contributed by atoms with Crippen LogP contribution < -0.4 is 16.4 Å². The van der Waals surface area contributed by atoms with Gasteiger partial charge in [-0.15, -0.1) is 0 Å². The lowest BCUT2D eigenvalue weighted by molar-refractivity contribution is -0.131. The molecule has 0 aromatic heterocycles. The smallest absolute Gasteiger partial charge is 0.242 e. The molecule has 0 spiro atoms. The lowest BCUT2D eigenvalue weighted by Crippen LogP contribution is -2.47. The predicted octanol–water partition coefficient (Wildman–Crippen LogP) is 0.00220. The Kier molecular flexibility index (Phi) is 5.41. The van der Waals surface area contributed by atoms with E-state index in [1.807, 2.05) is 6.92 Å². The zero-order valence-electron chi connectivity index (χ0n) is 10.7. The third kappa shape index (κ3) is 3.70. The molecule has 0 aliphatic heterocycles. The monoisotopic (exact) mass is 241 g/mol. The van der Waals surface area contributed by atoms with Crippen molar-refractivity contribution in [3.8, 4) is 0 Å². The van der Waals surface area contributed by atoms with Crippen LogP contribution in [0.5, 0.6) is 0 Å². The van der Waals surface area contributed by atoms with E-state index in [1.54, 1.807) is 6.92 Å². The summed E-state index contributed by atoms with van der Waals surface area (Å²) in [4.78, 5) is 23.5. The summed E-state index contributed by atoms with van der Waals surface area (Å²) < 4.78 is 0. The van der Waals surface area contributed by atoms with E-state index in [0.717, 1.165) is 19.3 Å². The lowest BCUT2D eigenvalue weighted by atomic mass is 9.95. The van der Waals surface area contributed by atoms with Gasteiger partial charge < -0.3 is 16.4 Å². The summed E-state index contributed by atoms with van der Waals surface area (Å²) in [6.07, 6.45) is 2.95. The molecular formula is C12H23N3O2. The van der Waals surface area contributed by atoms with E-state index in [2.05, 4.69) is 10.6 Å². The Balaban J connectivity index is 2.45. The van der Waals surface area contributed by atoms with Crippen molar-refractivity contribution in [2.75, 3.05) is 13.1 Å². The summed E-state index contributed by atoms with van der Waals surface area (Å²) >= 11 is 0. The fourth-order valence-electron chi connectivity index (χ4n) is 2.38. The second-order valence-corrected chi connectivity index (χ2v) is 4.66. The Morgan fingerprint density at radius 2 is 2.12 bits per heavy atom. The van der Waals surface area contributed by atoms with Gasteiger partial charge in [0.15, 0.2) is 0 Å². The van der Waals surface area contributed by atoms with Gasteiger partial charge in [0.05, 0.1) is 0 Å². The Labute approximate surface area is 103 Å². The minimum absolute atomic E-state index is 0.0168. The number of carbonyl (C=O) groups excluding carboxylic acids is 2. The summed E-state index contributed by atoms with van der Waals surface area (Å²) in [6, 6.07) is -0.471. The van der Waals surface area contributed by atoms with E-state index >= 15 is 0 Å². The highest BCUT2D eigenvalue weighted by Crippen LogP contribution is 2.30. The molecule has 5 heteroatoms. The van der Waals surface area contributed by atoms with Gasteiger partial charge in [-0.25, -0.2) is 0 Å². The molecule has 1 aliphatic carbocycles. The number of nitrogens with one attached hydrogen (secondary N) is 2. The SMILES string of the molecule is CCNC(=O)C(C)NC(=O)[C@@H]1CCC[C@@H]1CN. The summed E-state index contributed by atoms with van der Waals surface area (Å²) in [7, 11) is 0. The maximum absolute atomic E-state index is 12.0. The Hall–Kier alpha value is -1.10. The van der Waals surface area contributed by atoms with Gasteiger partial charge in [-0.3, -0.25) is 9.59 Å². The average Bonchev–Trinajstić information content (AvgIpc) is 2.77. The van der Waals surface area contributed by atoms with Crippen molar-refractivity contribution in [3.63, 3.8) is 0 Å². The number of nitrogens with two attached hydrogens (primary N) is 1. The topological polar surface area (TPSA) is 84.2 Å². The van der Waals surface area contributed by atoms with Gasteiger partial charge in [0.1, 0.15) is 6.04 Å². The first kappa shape index (κ1) is 14.0. The van der Waals surface area contributed by atoms with Crippen LogP contribution in [0, 0.1) is 11.8 Å². The highest BCUT2D eigenvalue weighted by molar-refractivity contribution is 5.88. The first-order valence-electron chi connectivity index (χ1n) is 6.38. The first-order chi connectivity index (χ1) is 8.10. The van der Waals surface area contributed by atoms with Gasteiger partial charge in [-0.05, 0) is 39.2 Å². The number of likely N-dealkylation sites (N-methyl/N-ethyl adjacent to an activating group) is 1. The molecule has 0 heterocycles.